The fourth-order valence-electron chi connectivity index (χ4n) is 1.99. The van der Waals surface area contributed by atoms with Gasteiger partial charge in [-0.05, 0) is 13.0 Å². The second-order valence-electron chi connectivity index (χ2n) is 3.78. The molecule has 0 saturated heterocycles. The van der Waals surface area contributed by atoms with Gasteiger partial charge in [-0.1, -0.05) is 0 Å². The van der Waals surface area contributed by atoms with Crippen LogP contribution in [0.15, 0.2) is 12.1 Å². The van der Waals surface area contributed by atoms with Crippen LogP contribution in [-0.4, -0.2) is 17.6 Å². The lowest BCUT2D eigenvalue weighted by Crippen LogP contribution is -2.07. The van der Waals surface area contributed by atoms with Crippen molar-refractivity contribution < 1.29 is 18.3 Å². The Morgan fingerprint density at radius 3 is 2.53 bits per heavy atom. The van der Waals surface area contributed by atoms with Gasteiger partial charge in [0.15, 0.2) is 17.4 Å². The van der Waals surface area contributed by atoms with Crippen LogP contribution in [0.3, 0.4) is 0 Å². The van der Waals surface area contributed by atoms with E-state index in [0.29, 0.717) is 5.69 Å². The summed E-state index contributed by atoms with van der Waals surface area (Å²) in [5.41, 5.74) is 0.768. The van der Waals surface area contributed by atoms with E-state index in [0.717, 1.165) is 6.07 Å². The number of benzene rings is 1. The van der Waals surface area contributed by atoms with Crippen LogP contribution in [0, 0.1) is 18.6 Å². The standard InChI is InChI=1S/C12H11F2NO2/c1-6-4-8-10(15(6)7(2)16)5-9(13)12(17-3)11(8)14/h4-5H,1-3H3. The van der Waals surface area contributed by atoms with E-state index in [1.165, 1.54) is 24.7 Å². The maximum atomic E-state index is 13.9. The highest BCUT2D eigenvalue weighted by molar-refractivity contribution is 5.93. The summed E-state index contributed by atoms with van der Waals surface area (Å²) >= 11 is 0. The van der Waals surface area contributed by atoms with Crippen molar-refractivity contribution in [3.8, 4) is 5.75 Å². The number of hydrogen-bond acceptors (Lipinski definition) is 2. The molecule has 0 aliphatic rings. The lowest BCUT2D eigenvalue weighted by Gasteiger charge is -2.06. The second kappa shape index (κ2) is 3.84. The molecule has 0 fully saturated rings. The largest absolute Gasteiger partial charge is 0.491 e. The van der Waals surface area contributed by atoms with E-state index in [1.807, 2.05) is 0 Å². The Hall–Kier alpha value is -1.91. The van der Waals surface area contributed by atoms with Crippen LogP contribution < -0.4 is 4.74 Å². The Bertz CT molecular complexity index is 617. The molecular formula is C12H11F2NO2. The number of carbonyl (C=O) groups excluding carboxylic acids is 1. The zero-order valence-electron chi connectivity index (χ0n) is 9.67. The van der Waals surface area contributed by atoms with Crippen LogP contribution in [0.25, 0.3) is 10.9 Å². The number of hydrogen-bond donors (Lipinski definition) is 0. The number of fused-ring (bicyclic) bond motifs is 1. The third kappa shape index (κ3) is 1.58. The summed E-state index contributed by atoms with van der Waals surface area (Å²) in [6.45, 7) is 3.00. The molecular weight excluding hydrogens is 228 g/mol. The number of aromatic nitrogens is 1. The van der Waals surface area contributed by atoms with Crippen LogP contribution in [-0.2, 0) is 0 Å². The first-order valence-corrected chi connectivity index (χ1v) is 5.02. The number of rotatable bonds is 1. The van der Waals surface area contributed by atoms with Crippen molar-refractivity contribution in [2.75, 3.05) is 7.11 Å². The fraction of sp³-hybridized carbons (Fsp3) is 0.250. The van der Waals surface area contributed by atoms with Gasteiger partial charge < -0.3 is 4.74 Å². The zero-order valence-corrected chi connectivity index (χ0v) is 9.67. The summed E-state index contributed by atoms with van der Waals surface area (Å²) in [6.07, 6.45) is 0. The highest BCUT2D eigenvalue weighted by atomic mass is 19.1. The number of methoxy groups -OCH3 is 1. The smallest absolute Gasteiger partial charge is 0.228 e. The molecule has 17 heavy (non-hydrogen) atoms. The first kappa shape index (κ1) is 11.6. The van der Waals surface area contributed by atoms with E-state index in [2.05, 4.69) is 4.74 Å². The molecule has 1 aromatic heterocycles. The average molecular weight is 239 g/mol. The van der Waals surface area contributed by atoms with Crippen molar-refractivity contribution in [3.05, 3.63) is 29.5 Å². The molecule has 0 N–H and O–H groups in total. The highest BCUT2D eigenvalue weighted by Gasteiger charge is 2.19. The van der Waals surface area contributed by atoms with Gasteiger partial charge in [0, 0.05) is 24.1 Å². The molecule has 90 valence electrons. The first-order chi connectivity index (χ1) is 7.97. The number of nitrogens with zero attached hydrogens (tertiary/aromatic N) is 1. The van der Waals surface area contributed by atoms with Crippen LogP contribution in [0.5, 0.6) is 5.75 Å². The molecule has 0 bridgehead atoms. The van der Waals surface area contributed by atoms with E-state index in [1.54, 1.807) is 6.92 Å². The van der Waals surface area contributed by atoms with E-state index in [-0.39, 0.29) is 16.8 Å². The summed E-state index contributed by atoms with van der Waals surface area (Å²) in [6, 6.07) is 2.60. The molecule has 1 heterocycles. The maximum absolute atomic E-state index is 13.9. The van der Waals surface area contributed by atoms with Crippen LogP contribution in [0.2, 0.25) is 0 Å². The maximum Gasteiger partial charge on any atom is 0.228 e. The van der Waals surface area contributed by atoms with Gasteiger partial charge >= 0.3 is 0 Å². The van der Waals surface area contributed by atoms with Gasteiger partial charge in [-0.2, -0.15) is 0 Å². The quantitative estimate of drug-likeness (QED) is 0.766. The molecule has 1 aromatic carbocycles. The Morgan fingerprint density at radius 1 is 1.35 bits per heavy atom. The topological polar surface area (TPSA) is 31.2 Å². The molecule has 0 spiro atoms. The molecule has 0 radical (unpaired) electrons. The highest BCUT2D eigenvalue weighted by Crippen LogP contribution is 2.31. The lowest BCUT2D eigenvalue weighted by atomic mass is 10.2. The normalized spacial score (nSPS) is 10.9. The van der Waals surface area contributed by atoms with E-state index >= 15 is 0 Å². The zero-order chi connectivity index (χ0) is 12.7. The minimum atomic E-state index is -0.821. The molecule has 5 heteroatoms. The number of aryl methyl sites for hydroxylation is 1. The van der Waals surface area contributed by atoms with Gasteiger partial charge in [-0.3, -0.25) is 9.36 Å². The van der Waals surface area contributed by atoms with Gasteiger partial charge in [0.2, 0.25) is 5.91 Å². The third-order valence-corrected chi connectivity index (χ3v) is 2.66. The number of carbonyl (C=O) groups is 1. The van der Waals surface area contributed by atoms with Crippen molar-refractivity contribution in [1.29, 1.82) is 0 Å². The summed E-state index contributed by atoms with van der Waals surface area (Å²) in [7, 11) is 1.20. The first-order valence-electron chi connectivity index (χ1n) is 5.02. The van der Waals surface area contributed by atoms with E-state index in [9.17, 15) is 13.6 Å². The van der Waals surface area contributed by atoms with Gasteiger partial charge in [0.25, 0.3) is 0 Å². The fourth-order valence-corrected chi connectivity index (χ4v) is 1.99. The summed E-state index contributed by atoms with van der Waals surface area (Å²) in [4.78, 5) is 11.4. The molecule has 0 amide bonds. The van der Waals surface area contributed by atoms with Crippen LogP contribution >= 0.6 is 0 Å². The molecule has 3 nitrogen and oxygen atoms in total. The third-order valence-electron chi connectivity index (χ3n) is 2.66. The molecule has 0 atom stereocenters. The summed E-state index contributed by atoms with van der Waals surface area (Å²) in [5, 5.41) is 0.177. The van der Waals surface area contributed by atoms with Gasteiger partial charge in [0.1, 0.15) is 0 Å². The molecule has 0 aliphatic carbocycles. The lowest BCUT2D eigenvalue weighted by molar-refractivity contribution is 0.0939. The average Bonchev–Trinajstić information content (AvgIpc) is 2.55. The second-order valence-corrected chi connectivity index (χ2v) is 3.78. The number of halogens is 2. The minimum absolute atomic E-state index is 0.177. The predicted molar refractivity (Wildman–Crippen MR) is 59.4 cm³/mol. The van der Waals surface area contributed by atoms with Crippen molar-refractivity contribution in [1.82, 2.24) is 4.57 Å². The molecule has 0 unspecified atom stereocenters. The van der Waals surface area contributed by atoms with Gasteiger partial charge in [-0.15, -0.1) is 0 Å². The molecule has 0 aliphatic heterocycles. The van der Waals surface area contributed by atoms with Gasteiger partial charge in [0.05, 0.1) is 12.6 Å². The monoisotopic (exact) mass is 239 g/mol. The van der Waals surface area contributed by atoms with Crippen molar-refractivity contribution in [3.63, 3.8) is 0 Å². The van der Waals surface area contributed by atoms with E-state index < -0.39 is 17.4 Å². The number of ether oxygens (including phenoxy) is 1. The van der Waals surface area contributed by atoms with E-state index in [4.69, 9.17) is 0 Å². The van der Waals surface area contributed by atoms with Crippen molar-refractivity contribution in [2.45, 2.75) is 13.8 Å². The van der Waals surface area contributed by atoms with Crippen LogP contribution in [0.1, 0.15) is 17.4 Å². The molecule has 2 aromatic rings. The van der Waals surface area contributed by atoms with Gasteiger partial charge in [-0.25, -0.2) is 8.78 Å². The van der Waals surface area contributed by atoms with Crippen LogP contribution in [0.4, 0.5) is 8.78 Å². The minimum Gasteiger partial charge on any atom is -0.491 e. The Morgan fingerprint density at radius 2 is 2.00 bits per heavy atom. The Kier molecular flexibility index (Phi) is 2.61. The Balaban J connectivity index is 2.91. The van der Waals surface area contributed by atoms with Crippen molar-refractivity contribution >= 4 is 16.8 Å². The molecule has 2 rings (SSSR count). The van der Waals surface area contributed by atoms with Crippen molar-refractivity contribution in [2.24, 2.45) is 0 Å². The summed E-state index contributed by atoms with van der Waals surface area (Å²) < 4.78 is 33.4. The molecule has 0 saturated carbocycles. The summed E-state index contributed by atoms with van der Waals surface area (Å²) in [5.74, 6) is -2.33. The Labute approximate surface area is 96.6 Å². The predicted octanol–water partition coefficient (Wildman–Crippen LogP) is 2.90. The SMILES string of the molecule is COc1c(F)cc2c(cc(C)n2C(C)=O)c1F.